The van der Waals surface area contributed by atoms with Gasteiger partial charge in [0.1, 0.15) is 11.8 Å². The molecular weight excluding hydrogens is 338 g/mol. The Morgan fingerprint density at radius 3 is 2.64 bits per heavy atom. The first-order valence-electron chi connectivity index (χ1n) is 8.00. The molecule has 1 aromatic carbocycles. The molecule has 132 valence electrons. The number of allylic oxidation sites excluding steroid dienone is 1. The minimum atomic E-state index is -0.391. The molecule has 0 spiro atoms. The number of hydrogen-bond donors (Lipinski definition) is 1. The molecule has 0 saturated carbocycles. The largest absolute Gasteiger partial charge is 0.479 e. The summed E-state index contributed by atoms with van der Waals surface area (Å²) in [6.07, 6.45) is 0.906. The molecule has 1 aliphatic heterocycles. The molecule has 2 rings (SSSR count). The second-order valence-corrected chi connectivity index (χ2v) is 5.93. The summed E-state index contributed by atoms with van der Waals surface area (Å²) in [7, 11) is 1.37. The van der Waals surface area contributed by atoms with E-state index in [0.717, 1.165) is 24.2 Å². The second kappa shape index (κ2) is 8.49. The molecule has 0 aromatic heterocycles. The fraction of sp³-hybridized carbons (Fsp3) is 0.389. The lowest BCUT2D eigenvalue weighted by atomic mass is 9.95. The summed E-state index contributed by atoms with van der Waals surface area (Å²) in [6.45, 7) is 4.65. The first-order chi connectivity index (χ1) is 12.0. The highest BCUT2D eigenvalue weighted by atomic mass is 32.1. The van der Waals surface area contributed by atoms with Crippen LogP contribution in [0.15, 0.2) is 35.5 Å². The van der Waals surface area contributed by atoms with Gasteiger partial charge in [0.05, 0.1) is 18.7 Å². The zero-order valence-electron chi connectivity index (χ0n) is 14.5. The van der Waals surface area contributed by atoms with E-state index >= 15 is 0 Å². The van der Waals surface area contributed by atoms with Gasteiger partial charge >= 0.3 is 5.97 Å². The Labute approximate surface area is 153 Å². The Hall–Kier alpha value is -2.59. The van der Waals surface area contributed by atoms with Gasteiger partial charge in [-0.2, -0.15) is 5.26 Å². The van der Waals surface area contributed by atoms with E-state index in [9.17, 15) is 4.79 Å². The third-order valence-electron chi connectivity index (χ3n) is 3.97. The van der Waals surface area contributed by atoms with Crippen LogP contribution in [0.3, 0.4) is 0 Å². The lowest BCUT2D eigenvalue weighted by Crippen LogP contribution is -2.48. The maximum Gasteiger partial charge on any atom is 0.337 e. The Kier molecular flexibility index (Phi) is 6.37. The van der Waals surface area contributed by atoms with Gasteiger partial charge in [0.15, 0.2) is 11.7 Å². The number of carbonyl (C=O) groups is 1. The lowest BCUT2D eigenvalue weighted by Gasteiger charge is -2.37. The molecule has 0 radical (unpaired) electrons. The van der Waals surface area contributed by atoms with Gasteiger partial charge in [0.2, 0.25) is 0 Å². The predicted molar refractivity (Wildman–Crippen MR) is 97.7 cm³/mol. The molecule has 0 fully saturated rings. The van der Waals surface area contributed by atoms with Crippen LogP contribution >= 0.6 is 12.2 Å². The third-order valence-corrected chi connectivity index (χ3v) is 4.30. The van der Waals surface area contributed by atoms with Crippen molar-refractivity contribution in [2.24, 2.45) is 0 Å². The normalized spacial score (nSPS) is 17.0. The molecule has 1 aromatic rings. The van der Waals surface area contributed by atoms with Crippen LogP contribution in [0, 0.1) is 11.3 Å². The van der Waals surface area contributed by atoms with E-state index in [2.05, 4.69) is 12.2 Å². The average Bonchev–Trinajstić information content (AvgIpc) is 2.63. The van der Waals surface area contributed by atoms with Crippen LogP contribution in [0.2, 0.25) is 0 Å². The number of nitriles is 1. The van der Waals surface area contributed by atoms with E-state index in [4.69, 9.17) is 27.0 Å². The molecule has 1 heterocycles. The topological polar surface area (TPSA) is 74.6 Å². The smallest absolute Gasteiger partial charge is 0.337 e. The van der Waals surface area contributed by atoms with Gasteiger partial charge in [-0.05, 0) is 43.3 Å². The van der Waals surface area contributed by atoms with Gasteiger partial charge in [0, 0.05) is 12.2 Å². The minimum Gasteiger partial charge on any atom is -0.479 e. The van der Waals surface area contributed by atoms with Crippen molar-refractivity contribution >= 4 is 23.3 Å². The fourth-order valence-corrected chi connectivity index (χ4v) is 3.12. The van der Waals surface area contributed by atoms with Crippen molar-refractivity contribution in [3.05, 3.63) is 41.1 Å². The van der Waals surface area contributed by atoms with Crippen LogP contribution in [-0.4, -0.2) is 36.2 Å². The molecule has 1 N–H and O–H groups in total. The molecule has 1 atom stereocenters. The van der Waals surface area contributed by atoms with Gasteiger partial charge in [-0.15, -0.1) is 0 Å². The van der Waals surface area contributed by atoms with Crippen molar-refractivity contribution in [2.75, 3.05) is 20.3 Å². The Morgan fingerprint density at radius 2 is 2.08 bits per heavy atom. The second-order valence-electron chi connectivity index (χ2n) is 5.54. The number of nitrogens with zero attached hydrogens (tertiary/aromatic N) is 2. The lowest BCUT2D eigenvalue weighted by molar-refractivity contribution is -0.136. The zero-order chi connectivity index (χ0) is 18.4. The Bertz CT molecular complexity index is 722. The first kappa shape index (κ1) is 18.7. The van der Waals surface area contributed by atoms with Crippen molar-refractivity contribution in [3.63, 3.8) is 0 Å². The van der Waals surface area contributed by atoms with Crippen molar-refractivity contribution in [1.82, 2.24) is 10.2 Å². The summed E-state index contributed by atoms with van der Waals surface area (Å²) >= 11 is 5.47. The molecule has 0 bridgehead atoms. The van der Waals surface area contributed by atoms with Gasteiger partial charge in [-0.3, -0.25) is 0 Å². The van der Waals surface area contributed by atoms with Crippen LogP contribution < -0.4 is 10.1 Å². The van der Waals surface area contributed by atoms with Crippen LogP contribution in [0.4, 0.5) is 0 Å². The first-order valence-corrected chi connectivity index (χ1v) is 8.41. The molecule has 6 nitrogen and oxygen atoms in total. The zero-order valence-corrected chi connectivity index (χ0v) is 15.4. The Morgan fingerprint density at radius 1 is 1.40 bits per heavy atom. The quantitative estimate of drug-likeness (QED) is 0.618. The van der Waals surface area contributed by atoms with Crippen molar-refractivity contribution < 1.29 is 14.3 Å². The number of rotatable bonds is 6. The standard InChI is InChI=1S/C18H21N3O3S/c1-4-10-21-12(2)15(17(22)23-3)16(20-18(21)25)13-5-7-14(8-6-13)24-11-9-19/h5-8,16H,4,10-11H2,1-3H3,(H,20,25)/t16-/m1/s1. The molecule has 7 heteroatoms. The maximum atomic E-state index is 12.4. The number of thiocarbonyl (C=S) groups is 1. The molecule has 0 saturated heterocycles. The number of carbonyl (C=O) groups excluding carboxylic acids is 1. The van der Waals surface area contributed by atoms with E-state index in [0.29, 0.717) is 16.4 Å². The molecular formula is C18H21N3O3S. The van der Waals surface area contributed by atoms with Crippen molar-refractivity contribution in [3.8, 4) is 11.8 Å². The fourth-order valence-electron chi connectivity index (χ4n) is 2.77. The molecule has 1 aliphatic rings. The highest BCUT2D eigenvalue weighted by molar-refractivity contribution is 7.80. The highest BCUT2D eigenvalue weighted by Gasteiger charge is 2.34. The van der Waals surface area contributed by atoms with E-state index in [1.54, 1.807) is 12.1 Å². The number of ether oxygens (including phenoxy) is 2. The van der Waals surface area contributed by atoms with Crippen LogP contribution in [0.25, 0.3) is 0 Å². The molecule has 25 heavy (non-hydrogen) atoms. The predicted octanol–water partition coefficient (Wildman–Crippen LogP) is 2.68. The van der Waals surface area contributed by atoms with Gasteiger partial charge in [-0.25, -0.2) is 4.79 Å². The van der Waals surface area contributed by atoms with Crippen LogP contribution in [0.1, 0.15) is 31.9 Å². The van der Waals surface area contributed by atoms with Gasteiger partial charge < -0.3 is 19.7 Å². The summed E-state index contributed by atoms with van der Waals surface area (Å²) in [5.41, 5.74) is 2.20. The van der Waals surface area contributed by atoms with Crippen LogP contribution in [0.5, 0.6) is 5.75 Å². The van der Waals surface area contributed by atoms with Crippen molar-refractivity contribution in [1.29, 1.82) is 5.26 Å². The SMILES string of the molecule is CCCN1C(=S)N[C@H](c2ccc(OCC#N)cc2)C(C(=O)OC)=C1C. The van der Waals surface area contributed by atoms with E-state index in [-0.39, 0.29) is 12.6 Å². The third kappa shape index (κ3) is 4.09. The average molecular weight is 359 g/mol. The number of hydrogen-bond acceptors (Lipinski definition) is 5. The summed E-state index contributed by atoms with van der Waals surface area (Å²) < 4.78 is 10.2. The number of methoxy groups -OCH3 is 1. The maximum absolute atomic E-state index is 12.4. The van der Waals surface area contributed by atoms with Crippen molar-refractivity contribution in [2.45, 2.75) is 26.3 Å². The summed E-state index contributed by atoms with van der Waals surface area (Å²) in [5.74, 6) is 0.208. The van der Waals surface area contributed by atoms with Gasteiger partial charge in [0.25, 0.3) is 0 Å². The molecule has 0 unspecified atom stereocenters. The van der Waals surface area contributed by atoms with E-state index < -0.39 is 6.04 Å². The van der Waals surface area contributed by atoms with E-state index in [1.165, 1.54) is 7.11 Å². The Balaban J connectivity index is 2.39. The monoisotopic (exact) mass is 359 g/mol. The molecule has 0 amide bonds. The summed E-state index contributed by atoms with van der Waals surface area (Å²) in [6, 6.07) is 8.76. The summed E-state index contributed by atoms with van der Waals surface area (Å²) in [5, 5.41) is 12.4. The number of esters is 1. The summed E-state index contributed by atoms with van der Waals surface area (Å²) in [4.78, 5) is 14.3. The molecule has 0 aliphatic carbocycles. The number of nitrogens with one attached hydrogen (secondary N) is 1. The van der Waals surface area contributed by atoms with Gasteiger partial charge in [-0.1, -0.05) is 19.1 Å². The minimum absolute atomic E-state index is 0.0104. The van der Waals surface area contributed by atoms with E-state index in [1.807, 2.05) is 30.0 Å². The number of benzene rings is 1. The highest BCUT2D eigenvalue weighted by Crippen LogP contribution is 2.32. The van der Waals surface area contributed by atoms with Crippen LogP contribution in [-0.2, 0) is 9.53 Å².